The van der Waals surface area contributed by atoms with Crippen molar-refractivity contribution in [3.63, 3.8) is 0 Å². The third-order valence-electron chi connectivity index (χ3n) is 7.24. The lowest BCUT2D eigenvalue weighted by Gasteiger charge is -2.56. The molecular formula is C15H22O5. The first kappa shape index (κ1) is 13.0. The Kier molecular flexibility index (Phi) is 2.11. The molecule has 2 aliphatic carbocycles. The largest absolute Gasteiger partial charge is 0.458 e. The van der Waals surface area contributed by atoms with Gasteiger partial charge in [-0.05, 0) is 5.92 Å². The highest BCUT2D eigenvalue weighted by Crippen LogP contribution is 2.75. The molecule has 2 N–H and O–H groups in total. The van der Waals surface area contributed by atoms with Crippen molar-refractivity contribution in [3.8, 4) is 0 Å². The number of hydrogen-bond donors (Lipinski definition) is 2. The van der Waals surface area contributed by atoms with Gasteiger partial charge in [-0.15, -0.1) is 0 Å². The van der Waals surface area contributed by atoms with Crippen molar-refractivity contribution >= 4 is 5.97 Å². The molecule has 0 aromatic rings. The summed E-state index contributed by atoms with van der Waals surface area (Å²) in [6, 6.07) is 0. The number of esters is 1. The Morgan fingerprint density at radius 1 is 1.35 bits per heavy atom. The van der Waals surface area contributed by atoms with E-state index in [-0.39, 0.29) is 24.2 Å². The molecule has 2 heterocycles. The lowest BCUT2D eigenvalue weighted by molar-refractivity contribution is -0.257. The quantitative estimate of drug-likeness (QED) is 0.643. The summed E-state index contributed by atoms with van der Waals surface area (Å²) in [5, 5.41) is 21.3. The molecule has 2 aliphatic heterocycles. The minimum atomic E-state index is -1.20. The van der Waals surface area contributed by atoms with E-state index in [0.29, 0.717) is 19.4 Å². The second kappa shape index (κ2) is 3.23. The molecule has 0 amide bonds. The van der Waals surface area contributed by atoms with Crippen LogP contribution in [-0.4, -0.2) is 40.3 Å². The molecule has 0 aromatic carbocycles. The number of aliphatic hydroxyl groups is 2. The van der Waals surface area contributed by atoms with Crippen LogP contribution in [-0.2, 0) is 14.3 Å². The van der Waals surface area contributed by atoms with Gasteiger partial charge >= 0.3 is 5.97 Å². The van der Waals surface area contributed by atoms with Gasteiger partial charge in [-0.3, -0.25) is 4.79 Å². The molecule has 4 fully saturated rings. The average molecular weight is 282 g/mol. The smallest absolute Gasteiger partial charge is 0.307 e. The normalized spacial score (nSPS) is 64.0. The molecule has 0 radical (unpaired) electrons. The minimum Gasteiger partial charge on any atom is -0.458 e. The van der Waals surface area contributed by atoms with Crippen LogP contribution in [0.3, 0.4) is 0 Å². The first-order chi connectivity index (χ1) is 9.21. The summed E-state index contributed by atoms with van der Waals surface area (Å²) >= 11 is 0. The Morgan fingerprint density at radius 2 is 2.05 bits per heavy atom. The van der Waals surface area contributed by atoms with E-state index in [1.165, 1.54) is 0 Å². The lowest BCUT2D eigenvalue weighted by Crippen LogP contribution is -2.64. The zero-order chi connectivity index (χ0) is 14.6. The fraction of sp³-hybridized carbons (Fsp3) is 0.933. The Hall–Kier alpha value is -0.650. The second-order valence-corrected chi connectivity index (χ2v) is 7.64. The van der Waals surface area contributed by atoms with Crippen LogP contribution in [0.4, 0.5) is 0 Å². The van der Waals surface area contributed by atoms with Crippen LogP contribution in [0.15, 0.2) is 0 Å². The molecule has 4 aliphatic rings. The lowest BCUT2D eigenvalue weighted by atomic mass is 9.48. The topological polar surface area (TPSA) is 76.0 Å². The molecule has 2 saturated heterocycles. The highest BCUT2D eigenvalue weighted by Gasteiger charge is 2.83. The van der Waals surface area contributed by atoms with E-state index < -0.39 is 28.3 Å². The maximum Gasteiger partial charge on any atom is 0.307 e. The summed E-state index contributed by atoms with van der Waals surface area (Å²) < 4.78 is 11.6. The van der Waals surface area contributed by atoms with Crippen LogP contribution >= 0.6 is 0 Å². The molecule has 20 heavy (non-hydrogen) atoms. The number of fused-ring (bicyclic) bond motifs is 2. The highest BCUT2D eigenvalue weighted by atomic mass is 16.6. The Bertz CT molecular complexity index is 506. The van der Waals surface area contributed by atoms with Crippen LogP contribution in [0.5, 0.6) is 0 Å². The van der Waals surface area contributed by atoms with Gasteiger partial charge in [0.15, 0.2) is 5.79 Å². The number of aliphatic hydroxyl groups excluding tert-OH is 1. The Labute approximate surface area is 118 Å². The first-order valence-corrected chi connectivity index (χ1v) is 7.47. The highest BCUT2D eigenvalue weighted by molar-refractivity contribution is 5.75. The van der Waals surface area contributed by atoms with Crippen molar-refractivity contribution < 1.29 is 24.5 Å². The zero-order valence-corrected chi connectivity index (χ0v) is 12.2. The van der Waals surface area contributed by atoms with Gasteiger partial charge in [-0.1, -0.05) is 20.8 Å². The molecular weight excluding hydrogens is 260 g/mol. The molecule has 2 saturated carbocycles. The van der Waals surface area contributed by atoms with Gasteiger partial charge in [0, 0.05) is 29.6 Å². The van der Waals surface area contributed by atoms with Gasteiger partial charge in [-0.25, -0.2) is 0 Å². The standard InChI is InChI=1S/C15H22O5/c1-8-10(16)4-15-12(3)7-19-14(18,9(12)2)6-13(8,15)5-11(17)20-15/h8-10,16,18H,4-7H2,1-3H3/t8-,9-,10-,12?,13+,14-,15-/m1/s1. The molecule has 4 rings (SSSR count). The van der Waals surface area contributed by atoms with Gasteiger partial charge in [0.2, 0.25) is 0 Å². The SMILES string of the molecule is C[C@@H]1[C@H](O)C[C@]23OC(=O)C[C@]12C[C@@]1(O)OCC3(C)[C@H]1C. The monoisotopic (exact) mass is 282 g/mol. The predicted molar refractivity (Wildman–Crippen MR) is 68.5 cm³/mol. The molecule has 112 valence electrons. The predicted octanol–water partition coefficient (Wildman–Crippen LogP) is 0.824. The van der Waals surface area contributed by atoms with Crippen LogP contribution < -0.4 is 0 Å². The van der Waals surface area contributed by atoms with Crippen molar-refractivity contribution in [3.05, 3.63) is 0 Å². The molecule has 2 bridgehead atoms. The maximum absolute atomic E-state index is 12.1. The van der Waals surface area contributed by atoms with Crippen LogP contribution in [0, 0.1) is 22.7 Å². The number of carbonyl (C=O) groups excluding carboxylic acids is 1. The molecule has 0 spiro atoms. The van der Waals surface area contributed by atoms with E-state index in [1.54, 1.807) is 0 Å². The van der Waals surface area contributed by atoms with E-state index in [9.17, 15) is 15.0 Å². The van der Waals surface area contributed by atoms with E-state index in [2.05, 4.69) is 0 Å². The van der Waals surface area contributed by atoms with Gasteiger partial charge < -0.3 is 19.7 Å². The van der Waals surface area contributed by atoms with E-state index >= 15 is 0 Å². The van der Waals surface area contributed by atoms with Gasteiger partial charge in [0.1, 0.15) is 5.60 Å². The Morgan fingerprint density at radius 3 is 2.75 bits per heavy atom. The fourth-order valence-corrected chi connectivity index (χ4v) is 5.78. The van der Waals surface area contributed by atoms with Crippen molar-refractivity contribution in [1.82, 2.24) is 0 Å². The summed E-state index contributed by atoms with van der Waals surface area (Å²) in [4.78, 5) is 12.1. The van der Waals surface area contributed by atoms with Gasteiger partial charge in [0.05, 0.1) is 19.1 Å². The van der Waals surface area contributed by atoms with Crippen LogP contribution in [0.1, 0.15) is 40.0 Å². The third kappa shape index (κ3) is 1.02. The van der Waals surface area contributed by atoms with Gasteiger partial charge in [0.25, 0.3) is 0 Å². The molecule has 1 unspecified atom stereocenters. The van der Waals surface area contributed by atoms with Crippen LogP contribution in [0.2, 0.25) is 0 Å². The summed E-state index contributed by atoms with van der Waals surface area (Å²) in [5.41, 5.74) is -1.65. The number of hydrogen-bond acceptors (Lipinski definition) is 5. The second-order valence-electron chi connectivity index (χ2n) is 7.64. The van der Waals surface area contributed by atoms with Crippen molar-refractivity contribution in [2.24, 2.45) is 22.7 Å². The number of ether oxygens (including phenoxy) is 2. The Balaban J connectivity index is 1.97. The first-order valence-electron chi connectivity index (χ1n) is 7.47. The molecule has 0 aromatic heterocycles. The maximum atomic E-state index is 12.1. The van der Waals surface area contributed by atoms with E-state index in [4.69, 9.17) is 9.47 Å². The van der Waals surface area contributed by atoms with Crippen molar-refractivity contribution in [1.29, 1.82) is 0 Å². The summed E-state index contributed by atoms with van der Waals surface area (Å²) in [6.45, 7) is 6.34. The average Bonchev–Trinajstić information content (AvgIpc) is 2.83. The van der Waals surface area contributed by atoms with Crippen molar-refractivity contribution in [2.45, 2.75) is 57.5 Å². The zero-order valence-electron chi connectivity index (χ0n) is 12.2. The van der Waals surface area contributed by atoms with E-state index in [1.807, 2.05) is 20.8 Å². The van der Waals surface area contributed by atoms with Crippen molar-refractivity contribution in [2.75, 3.05) is 6.61 Å². The summed E-state index contributed by atoms with van der Waals surface area (Å²) in [6.07, 6.45) is 0.621. The minimum absolute atomic E-state index is 0.0750. The van der Waals surface area contributed by atoms with Crippen LogP contribution in [0.25, 0.3) is 0 Å². The molecule has 5 heteroatoms. The fourth-order valence-electron chi connectivity index (χ4n) is 5.78. The summed E-state index contributed by atoms with van der Waals surface area (Å²) in [5.74, 6) is -1.60. The number of carbonyl (C=O) groups is 1. The van der Waals surface area contributed by atoms with E-state index in [0.717, 1.165) is 0 Å². The van der Waals surface area contributed by atoms with Gasteiger partial charge in [-0.2, -0.15) is 0 Å². The third-order valence-corrected chi connectivity index (χ3v) is 7.24. The molecule has 5 nitrogen and oxygen atoms in total. The molecule has 7 atom stereocenters. The summed E-state index contributed by atoms with van der Waals surface area (Å²) in [7, 11) is 0. The number of rotatable bonds is 0.